The summed E-state index contributed by atoms with van der Waals surface area (Å²) < 4.78 is 1.60. The number of aromatic nitrogens is 5. The van der Waals surface area contributed by atoms with Gasteiger partial charge < -0.3 is 5.73 Å². The minimum absolute atomic E-state index is 0.0000265. The predicted octanol–water partition coefficient (Wildman–Crippen LogP) is 0.776. The third kappa shape index (κ3) is 2.37. The quantitative estimate of drug-likeness (QED) is 0.847. The highest BCUT2D eigenvalue weighted by Gasteiger charge is 2.07. The largest absolute Gasteiger partial charge is 0.324 e. The molecule has 2 heterocycles. The van der Waals surface area contributed by atoms with Crippen LogP contribution in [-0.2, 0) is 7.05 Å². The Morgan fingerprint density at radius 1 is 1.50 bits per heavy atom. The van der Waals surface area contributed by atoms with Crippen molar-refractivity contribution in [1.29, 1.82) is 0 Å². The molecule has 0 radical (unpaired) electrons. The Morgan fingerprint density at radius 2 is 2.31 bits per heavy atom. The molecule has 0 aromatic carbocycles. The number of hydrogen-bond donors (Lipinski definition) is 1. The zero-order valence-corrected chi connectivity index (χ0v) is 9.85. The van der Waals surface area contributed by atoms with Crippen molar-refractivity contribution < 1.29 is 0 Å². The van der Waals surface area contributed by atoms with Crippen molar-refractivity contribution in [3.63, 3.8) is 0 Å². The minimum atomic E-state index is -0.0000265. The number of hydrogen-bond acceptors (Lipinski definition) is 6. The van der Waals surface area contributed by atoms with Crippen LogP contribution in [0.25, 0.3) is 0 Å². The van der Waals surface area contributed by atoms with Gasteiger partial charge in [0.15, 0.2) is 0 Å². The van der Waals surface area contributed by atoms with Crippen molar-refractivity contribution in [1.82, 2.24) is 25.2 Å². The van der Waals surface area contributed by atoms with E-state index in [0.29, 0.717) is 5.16 Å². The lowest BCUT2D eigenvalue weighted by molar-refractivity contribution is 0.664. The van der Waals surface area contributed by atoms with E-state index in [9.17, 15) is 0 Å². The Bertz CT molecular complexity index is 480. The maximum absolute atomic E-state index is 5.80. The van der Waals surface area contributed by atoms with Gasteiger partial charge in [0.1, 0.15) is 5.03 Å². The van der Waals surface area contributed by atoms with Crippen molar-refractivity contribution in [2.45, 2.75) is 23.1 Å². The molecular weight excluding hydrogens is 224 g/mol. The van der Waals surface area contributed by atoms with E-state index in [-0.39, 0.29) is 6.04 Å². The Balaban J connectivity index is 2.22. The third-order valence-corrected chi connectivity index (χ3v) is 3.02. The number of tetrazole rings is 1. The molecule has 0 aliphatic heterocycles. The van der Waals surface area contributed by atoms with Crippen molar-refractivity contribution in [2.24, 2.45) is 12.8 Å². The van der Waals surface area contributed by atoms with Crippen LogP contribution in [0.5, 0.6) is 0 Å². The lowest BCUT2D eigenvalue weighted by Crippen LogP contribution is -2.05. The summed E-state index contributed by atoms with van der Waals surface area (Å²) in [7, 11) is 1.79. The molecule has 0 spiro atoms. The molecule has 2 rings (SSSR count). The monoisotopic (exact) mass is 236 g/mol. The zero-order chi connectivity index (χ0) is 11.5. The van der Waals surface area contributed by atoms with Gasteiger partial charge in [0.05, 0.1) is 0 Å². The maximum Gasteiger partial charge on any atom is 0.215 e. The zero-order valence-electron chi connectivity index (χ0n) is 9.03. The van der Waals surface area contributed by atoms with Crippen LogP contribution in [0.1, 0.15) is 18.5 Å². The first-order valence-electron chi connectivity index (χ1n) is 4.78. The Hall–Kier alpha value is -1.47. The molecule has 0 unspecified atom stereocenters. The number of pyridine rings is 1. The molecule has 84 valence electrons. The fourth-order valence-corrected chi connectivity index (χ4v) is 1.91. The first-order valence-corrected chi connectivity index (χ1v) is 5.60. The standard InChI is InChI=1S/C9H12N6S/c1-6(10)7-3-4-11-8(5-7)16-9-12-13-14-15(9)2/h3-6H,10H2,1-2H3/t6-/m1/s1. The average molecular weight is 236 g/mol. The Kier molecular flexibility index (Phi) is 3.16. The second-order valence-electron chi connectivity index (χ2n) is 3.40. The summed E-state index contributed by atoms with van der Waals surface area (Å²) in [6.45, 7) is 1.94. The van der Waals surface area contributed by atoms with E-state index < -0.39 is 0 Å². The summed E-state index contributed by atoms with van der Waals surface area (Å²) in [6, 6.07) is 3.85. The SMILES string of the molecule is C[C@@H](N)c1ccnc(Sc2nnnn2C)c1. The lowest BCUT2D eigenvalue weighted by Gasteiger charge is -2.06. The van der Waals surface area contributed by atoms with Gasteiger partial charge in [-0.05, 0) is 46.8 Å². The van der Waals surface area contributed by atoms with E-state index in [2.05, 4.69) is 20.5 Å². The van der Waals surface area contributed by atoms with Crippen molar-refractivity contribution >= 4 is 11.8 Å². The van der Waals surface area contributed by atoms with Gasteiger partial charge in [0.2, 0.25) is 5.16 Å². The molecule has 0 aliphatic rings. The highest BCUT2D eigenvalue weighted by Crippen LogP contribution is 2.24. The molecule has 1 atom stereocenters. The van der Waals surface area contributed by atoms with Crippen LogP contribution < -0.4 is 5.73 Å². The summed E-state index contributed by atoms with van der Waals surface area (Å²) in [5.41, 5.74) is 6.85. The van der Waals surface area contributed by atoms with Gasteiger partial charge in [-0.25, -0.2) is 9.67 Å². The van der Waals surface area contributed by atoms with Crippen LogP contribution >= 0.6 is 11.8 Å². The van der Waals surface area contributed by atoms with Crippen LogP contribution in [0.4, 0.5) is 0 Å². The number of aryl methyl sites for hydroxylation is 1. The van der Waals surface area contributed by atoms with Gasteiger partial charge in [-0.15, -0.1) is 5.10 Å². The third-order valence-electron chi connectivity index (χ3n) is 2.06. The van der Waals surface area contributed by atoms with Crippen molar-refractivity contribution in [3.8, 4) is 0 Å². The van der Waals surface area contributed by atoms with Crippen molar-refractivity contribution in [2.75, 3.05) is 0 Å². The molecule has 2 N–H and O–H groups in total. The van der Waals surface area contributed by atoms with E-state index >= 15 is 0 Å². The lowest BCUT2D eigenvalue weighted by atomic mass is 10.1. The molecule has 7 heteroatoms. The van der Waals surface area contributed by atoms with Crippen LogP contribution in [0.3, 0.4) is 0 Å². The molecule has 0 aliphatic carbocycles. The van der Waals surface area contributed by atoms with Crippen LogP contribution in [0.15, 0.2) is 28.5 Å². The molecule has 0 saturated heterocycles. The molecule has 16 heavy (non-hydrogen) atoms. The van der Waals surface area contributed by atoms with Crippen molar-refractivity contribution in [3.05, 3.63) is 23.9 Å². The molecule has 0 fully saturated rings. The maximum atomic E-state index is 5.80. The van der Waals surface area contributed by atoms with Crippen LogP contribution in [-0.4, -0.2) is 25.2 Å². The second kappa shape index (κ2) is 4.58. The van der Waals surface area contributed by atoms with E-state index in [1.165, 1.54) is 11.8 Å². The molecule has 2 aromatic heterocycles. The van der Waals surface area contributed by atoms with Gasteiger partial charge in [0.25, 0.3) is 0 Å². The molecule has 0 amide bonds. The van der Waals surface area contributed by atoms with Gasteiger partial charge in [-0.2, -0.15) is 0 Å². The number of nitrogens with zero attached hydrogens (tertiary/aromatic N) is 5. The fraction of sp³-hybridized carbons (Fsp3) is 0.333. The summed E-state index contributed by atoms with van der Waals surface area (Å²) in [4.78, 5) is 4.24. The van der Waals surface area contributed by atoms with Crippen LogP contribution in [0, 0.1) is 0 Å². The van der Waals surface area contributed by atoms with Crippen LogP contribution in [0.2, 0.25) is 0 Å². The topological polar surface area (TPSA) is 82.5 Å². The highest BCUT2D eigenvalue weighted by molar-refractivity contribution is 7.99. The Labute approximate surface area is 97.2 Å². The van der Waals surface area contributed by atoms with Gasteiger partial charge >= 0.3 is 0 Å². The smallest absolute Gasteiger partial charge is 0.215 e. The average Bonchev–Trinajstić information content (AvgIpc) is 2.65. The predicted molar refractivity (Wildman–Crippen MR) is 59.8 cm³/mol. The molecule has 2 aromatic rings. The summed E-state index contributed by atoms with van der Waals surface area (Å²) in [5, 5.41) is 12.7. The highest BCUT2D eigenvalue weighted by atomic mass is 32.2. The van der Waals surface area contributed by atoms with E-state index in [0.717, 1.165) is 10.6 Å². The van der Waals surface area contributed by atoms with Gasteiger partial charge in [0, 0.05) is 19.3 Å². The van der Waals surface area contributed by atoms with Gasteiger partial charge in [-0.1, -0.05) is 0 Å². The Morgan fingerprint density at radius 3 is 2.94 bits per heavy atom. The molecule has 0 saturated carbocycles. The van der Waals surface area contributed by atoms with E-state index in [4.69, 9.17) is 5.73 Å². The van der Waals surface area contributed by atoms with Gasteiger partial charge in [-0.3, -0.25) is 0 Å². The summed E-state index contributed by atoms with van der Waals surface area (Å²) in [5.74, 6) is 0. The number of rotatable bonds is 3. The second-order valence-corrected chi connectivity index (χ2v) is 4.39. The number of nitrogens with two attached hydrogens (primary N) is 1. The normalized spacial score (nSPS) is 12.7. The molecular formula is C9H12N6S. The minimum Gasteiger partial charge on any atom is -0.324 e. The summed E-state index contributed by atoms with van der Waals surface area (Å²) in [6.07, 6.45) is 1.74. The van der Waals surface area contributed by atoms with E-state index in [1.54, 1.807) is 17.9 Å². The molecule has 0 bridgehead atoms. The fourth-order valence-electron chi connectivity index (χ4n) is 1.17. The summed E-state index contributed by atoms with van der Waals surface area (Å²) >= 11 is 1.41. The molecule has 6 nitrogen and oxygen atoms in total. The van der Waals surface area contributed by atoms with E-state index in [1.807, 2.05) is 19.1 Å². The first-order chi connectivity index (χ1) is 7.66. The first kappa shape index (κ1) is 11.0.